The molecule has 0 saturated heterocycles. The number of thioether (sulfide) groups is 1. The van der Waals surface area contributed by atoms with Crippen LogP contribution in [0.4, 0.5) is 0 Å². The zero-order valence-corrected chi connectivity index (χ0v) is 15.0. The van der Waals surface area contributed by atoms with Crippen molar-refractivity contribution in [2.45, 2.75) is 25.4 Å². The molecule has 0 aliphatic heterocycles. The summed E-state index contributed by atoms with van der Waals surface area (Å²) in [5.41, 5.74) is -0.00630. The van der Waals surface area contributed by atoms with Gasteiger partial charge in [-0.3, -0.25) is 9.59 Å². The van der Waals surface area contributed by atoms with Gasteiger partial charge in [-0.05, 0) is 45.3 Å². The number of unbranched alkanes of at least 4 members (excludes halogenated alkanes) is 2. The minimum atomic E-state index is -1.06. The number of amides is 1. The van der Waals surface area contributed by atoms with Crippen molar-refractivity contribution in [1.29, 1.82) is 0 Å². The van der Waals surface area contributed by atoms with Crippen LogP contribution < -0.4 is 5.32 Å². The van der Waals surface area contributed by atoms with Gasteiger partial charge in [0.15, 0.2) is 11.5 Å². The number of nitrogens with zero attached hydrogens (tertiary/aromatic N) is 2. The Morgan fingerprint density at radius 3 is 2.83 bits per heavy atom. The van der Waals surface area contributed by atoms with Crippen molar-refractivity contribution < 1.29 is 19.2 Å². The second-order valence-corrected chi connectivity index (χ2v) is 7.00. The molecule has 132 valence electrons. The molecule has 1 aliphatic rings. The van der Waals surface area contributed by atoms with E-state index in [0.29, 0.717) is 4.91 Å². The first kappa shape index (κ1) is 18.7. The highest BCUT2D eigenvalue weighted by Crippen LogP contribution is 2.35. The van der Waals surface area contributed by atoms with Gasteiger partial charge in [-0.2, -0.15) is 0 Å². The quantitative estimate of drug-likeness (QED) is 0.686. The van der Waals surface area contributed by atoms with Gasteiger partial charge < -0.3 is 19.8 Å². The first-order valence-electron chi connectivity index (χ1n) is 7.89. The number of aliphatic hydroxyl groups is 1. The Balaban J connectivity index is 1.97. The van der Waals surface area contributed by atoms with Gasteiger partial charge in [0.2, 0.25) is 5.78 Å². The number of allylic oxidation sites excluding steroid dienone is 1. The average molecular weight is 353 g/mol. The summed E-state index contributed by atoms with van der Waals surface area (Å²) in [5.74, 6) is 0.00560. The molecule has 0 radical (unpaired) electrons. The zero-order chi connectivity index (χ0) is 17.7. The van der Waals surface area contributed by atoms with E-state index in [-0.39, 0.29) is 22.8 Å². The number of carbonyl (C=O) groups is 2. The number of hydrogen-bond donors (Lipinski definition) is 2. The Hall–Kier alpha value is -1.64. The number of nitrogens with one attached hydrogen (secondary N) is 1. The second-order valence-electron chi connectivity index (χ2n) is 5.87. The van der Waals surface area contributed by atoms with Gasteiger partial charge >= 0.3 is 0 Å². The molecule has 24 heavy (non-hydrogen) atoms. The molecular weight excluding hydrogens is 330 g/mol. The normalized spacial score (nSPS) is 17.0. The van der Waals surface area contributed by atoms with Crippen molar-refractivity contribution in [1.82, 2.24) is 15.4 Å². The van der Waals surface area contributed by atoms with E-state index in [1.54, 1.807) is 0 Å². The van der Waals surface area contributed by atoms with Gasteiger partial charge in [0.05, 0.1) is 4.91 Å². The lowest BCUT2D eigenvalue weighted by Gasteiger charge is -2.15. The Morgan fingerprint density at radius 1 is 1.42 bits per heavy atom. The van der Waals surface area contributed by atoms with Gasteiger partial charge in [-0.1, -0.05) is 11.6 Å². The van der Waals surface area contributed by atoms with E-state index in [9.17, 15) is 14.7 Å². The van der Waals surface area contributed by atoms with Crippen molar-refractivity contribution in [3.05, 3.63) is 28.0 Å². The molecule has 1 atom stereocenters. The molecule has 1 amide bonds. The van der Waals surface area contributed by atoms with Crippen LogP contribution >= 0.6 is 11.8 Å². The van der Waals surface area contributed by atoms with Crippen molar-refractivity contribution in [2.24, 2.45) is 0 Å². The maximum absolute atomic E-state index is 12.6. The standard InChI is InChI=1S/C16H23N3O4S/c1-17-16(22)13-12-14(21)11(9-10(20)15(12)23-18-13)24-8-6-4-5-7-19(2)3/h9-10,20H,4-8H2,1-3H3,(H,17,22). The number of carbonyl (C=O) groups excluding carboxylic acids is 2. The van der Waals surface area contributed by atoms with Crippen LogP contribution in [0.3, 0.4) is 0 Å². The topological polar surface area (TPSA) is 95.7 Å². The third-order valence-corrected chi connectivity index (χ3v) is 4.82. The van der Waals surface area contributed by atoms with Crippen LogP contribution in [-0.4, -0.2) is 60.3 Å². The molecule has 1 aromatic heterocycles. The van der Waals surface area contributed by atoms with E-state index in [1.165, 1.54) is 24.9 Å². The summed E-state index contributed by atoms with van der Waals surface area (Å²) < 4.78 is 4.98. The Bertz CT molecular complexity index is 639. The van der Waals surface area contributed by atoms with Gasteiger partial charge in [0, 0.05) is 7.05 Å². The predicted molar refractivity (Wildman–Crippen MR) is 92.1 cm³/mol. The number of fused-ring (bicyclic) bond motifs is 1. The van der Waals surface area contributed by atoms with Gasteiger partial charge in [-0.25, -0.2) is 0 Å². The first-order valence-corrected chi connectivity index (χ1v) is 8.88. The second kappa shape index (κ2) is 8.46. The van der Waals surface area contributed by atoms with Crippen molar-refractivity contribution in [3.8, 4) is 0 Å². The van der Waals surface area contributed by atoms with Crippen LogP contribution in [0, 0.1) is 0 Å². The van der Waals surface area contributed by atoms with Gasteiger partial charge in [0.1, 0.15) is 11.7 Å². The maximum Gasteiger partial charge on any atom is 0.274 e. The molecule has 0 spiro atoms. The Morgan fingerprint density at radius 2 is 2.17 bits per heavy atom. The lowest BCUT2D eigenvalue weighted by atomic mass is 9.98. The maximum atomic E-state index is 12.6. The van der Waals surface area contributed by atoms with Crippen molar-refractivity contribution >= 4 is 23.5 Å². The summed E-state index contributed by atoms with van der Waals surface area (Å²) in [6.45, 7) is 1.05. The number of rotatable bonds is 8. The van der Waals surface area contributed by atoms with Crippen LogP contribution in [0.25, 0.3) is 0 Å². The van der Waals surface area contributed by atoms with Crippen LogP contribution in [0.5, 0.6) is 0 Å². The van der Waals surface area contributed by atoms with E-state index in [0.717, 1.165) is 31.6 Å². The third-order valence-electron chi connectivity index (χ3n) is 3.70. The fourth-order valence-electron chi connectivity index (χ4n) is 2.42. The highest BCUT2D eigenvalue weighted by Gasteiger charge is 2.35. The number of hydrogen-bond acceptors (Lipinski definition) is 7. The largest absolute Gasteiger partial charge is 0.381 e. The van der Waals surface area contributed by atoms with Crippen molar-refractivity contribution in [3.63, 3.8) is 0 Å². The molecule has 8 heteroatoms. The molecule has 7 nitrogen and oxygen atoms in total. The van der Waals surface area contributed by atoms with Gasteiger partial charge in [-0.15, -0.1) is 11.8 Å². The van der Waals surface area contributed by atoms with E-state index >= 15 is 0 Å². The SMILES string of the molecule is CNC(=O)c1noc2c1C(=O)C(SCCCCCN(C)C)=CC2O. The van der Waals surface area contributed by atoms with E-state index in [2.05, 4.69) is 15.4 Å². The molecule has 1 unspecified atom stereocenters. The molecule has 2 N–H and O–H groups in total. The van der Waals surface area contributed by atoms with Crippen LogP contribution in [0.15, 0.2) is 15.5 Å². The Kier molecular flexibility index (Phi) is 6.59. The minimum Gasteiger partial charge on any atom is -0.381 e. The van der Waals surface area contributed by atoms with Gasteiger partial charge in [0.25, 0.3) is 5.91 Å². The summed E-state index contributed by atoms with van der Waals surface area (Å²) in [6, 6.07) is 0. The molecule has 1 aliphatic carbocycles. The van der Waals surface area contributed by atoms with E-state index in [4.69, 9.17) is 4.52 Å². The first-order chi connectivity index (χ1) is 11.5. The molecule has 0 aromatic carbocycles. The van der Waals surface area contributed by atoms with Crippen molar-refractivity contribution in [2.75, 3.05) is 33.4 Å². The summed E-state index contributed by atoms with van der Waals surface area (Å²) in [7, 11) is 5.54. The summed E-state index contributed by atoms with van der Waals surface area (Å²) in [5, 5.41) is 16.1. The summed E-state index contributed by atoms with van der Waals surface area (Å²) in [6.07, 6.45) is 3.59. The number of aromatic nitrogens is 1. The Labute approximate surface area is 145 Å². The summed E-state index contributed by atoms with van der Waals surface area (Å²) >= 11 is 1.40. The molecule has 1 aromatic rings. The number of Topliss-reactive ketones (excluding diaryl/α,β-unsaturated/α-hetero) is 1. The lowest BCUT2D eigenvalue weighted by molar-refractivity contribution is 0.0943. The lowest BCUT2D eigenvalue weighted by Crippen LogP contribution is -2.23. The molecule has 2 rings (SSSR count). The zero-order valence-electron chi connectivity index (χ0n) is 14.2. The fraction of sp³-hybridized carbons (Fsp3) is 0.562. The minimum absolute atomic E-state index is 0.0360. The monoisotopic (exact) mass is 353 g/mol. The summed E-state index contributed by atoms with van der Waals surface area (Å²) in [4.78, 5) is 27.0. The molecule has 1 heterocycles. The number of aliphatic hydroxyl groups excluding tert-OH is 1. The molecule has 0 fully saturated rings. The van der Waals surface area contributed by atoms with Crippen LogP contribution in [0.1, 0.15) is 52.0 Å². The third kappa shape index (κ3) is 4.25. The average Bonchev–Trinajstić information content (AvgIpc) is 2.99. The highest BCUT2D eigenvalue weighted by atomic mass is 32.2. The number of ketones is 1. The molecule has 0 bridgehead atoms. The molecular formula is C16H23N3O4S. The van der Waals surface area contributed by atoms with Crippen LogP contribution in [0.2, 0.25) is 0 Å². The highest BCUT2D eigenvalue weighted by molar-refractivity contribution is 8.04. The van der Waals surface area contributed by atoms with Crippen LogP contribution in [-0.2, 0) is 0 Å². The van der Waals surface area contributed by atoms with E-state index in [1.807, 2.05) is 14.1 Å². The fourth-order valence-corrected chi connectivity index (χ4v) is 3.44. The predicted octanol–water partition coefficient (Wildman–Crippen LogP) is 1.61. The van der Waals surface area contributed by atoms with E-state index < -0.39 is 12.0 Å². The smallest absolute Gasteiger partial charge is 0.274 e. The molecule has 0 saturated carbocycles.